The molecule has 0 fully saturated rings. The third kappa shape index (κ3) is 3.56. The largest absolute Gasteiger partial charge is 0.481 e. The van der Waals surface area contributed by atoms with Crippen LogP contribution in [0.3, 0.4) is 0 Å². The molecule has 1 N–H and O–H groups in total. The van der Waals surface area contributed by atoms with Crippen molar-refractivity contribution in [2.24, 2.45) is 10.9 Å². The molecule has 1 aromatic rings. The van der Waals surface area contributed by atoms with Crippen molar-refractivity contribution in [3.8, 4) is 0 Å². The lowest BCUT2D eigenvalue weighted by Gasteiger charge is -2.17. The monoisotopic (exact) mass is 261 g/mol. The Hall–Kier alpha value is -1.84. The lowest BCUT2D eigenvalue weighted by atomic mass is 9.98. The van der Waals surface area contributed by atoms with Crippen LogP contribution in [0.25, 0.3) is 0 Å². The highest BCUT2D eigenvalue weighted by molar-refractivity contribution is 5.95. The summed E-state index contributed by atoms with van der Waals surface area (Å²) in [5.41, 5.74) is 0.907. The number of nitrogens with zero attached hydrogens (tertiary/aromatic N) is 1. The lowest BCUT2D eigenvalue weighted by molar-refractivity contribution is -0.139. The van der Waals surface area contributed by atoms with Gasteiger partial charge in [0.1, 0.15) is 6.10 Å². The van der Waals surface area contributed by atoms with Crippen LogP contribution in [0.2, 0.25) is 0 Å². The van der Waals surface area contributed by atoms with E-state index in [0.717, 1.165) is 12.0 Å². The fraction of sp³-hybridized carbons (Fsp3) is 0.467. The second-order valence-corrected chi connectivity index (χ2v) is 5.25. The molecule has 0 spiro atoms. The number of carboxylic acids is 1. The summed E-state index contributed by atoms with van der Waals surface area (Å²) in [5.74, 6) is 0.185. The minimum absolute atomic E-state index is 0.00276. The van der Waals surface area contributed by atoms with Gasteiger partial charge in [-0.05, 0) is 24.5 Å². The first-order valence-electron chi connectivity index (χ1n) is 6.58. The van der Waals surface area contributed by atoms with Gasteiger partial charge in [0.15, 0.2) is 0 Å². The van der Waals surface area contributed by atoms with Crippen LogP contribution in [0.1, 0.15) is 32.3 Å². The number of hydrogen-bond acceptors (Lipinski definition) is 3. The van der Waals surface area contributed by atoms with E-state index in [-0.39, 0.29) is 18.6 Å². The van der Waals surface area contributed by atoms with Crippen molar-refractivity contribution >= 4 is 11.9 Å². The first-order chi connectivity index (χ1) is 9.06. The maximum Gasteiger partial charge on any atom is 0.307 e. The number of carbonyl (C=O) groups is 1. The molecule has 4 heteroatoms. The van der Waals surface area contributed by atoms with Gasteiger partial charge in [-0.1, -0.05) is 32.0 Å². The number of carboxylic acid groups (broad SMARTS) is 1. The highest BCUT2D eigenvalue weighted by Gasteiger charge is 2.33. The summed E-state index contributed by atoms with van der Waals surface area (Å²) >= 11 is 0. The second kappa shape index (κ2) is 5.87. The standard InChI is InChI=1S/C15H19NO3/c1-10(2)8-12-13(9-14(17)18)19-15(16-12)11-6-4-3-5-7-11/h3-7,10,12-13H,8-9H2,1-2H3,(H,17,18)/t12-,13-/m0/s1. The van der Waals surface area contributed by atoms with Crippen molar-refractivity contribution in [2.45, 2.75) is 38.8 Å². The first-order valence-corrected chi connectivity index (χ1v) is 6.58. The van der Waals surface area contributed by atoms with Gasteiger partial charge in [-0.3, -0.25) is 4.79 Å². The molecule has 1 aromatic carbocycles. The quantitative estimate of drug-likeness (QED) is 0.886. The first kappa shape index (κ1) is 13.6. The van der Waals surface area contributed by atoms with Crippen LogP contribution in [-0.4, -0.2) is 29.1 Å². The van der Waals surface area contributed by atoms with E-state index in [4.69, 9.17) is 9.84 Å². The SMILES string of the molecule is CC(C)C[C@@H]1N=C(c2ccccc2)O[C@H]1CC(=O)O. The van der Waals surface area contributed by atoms with E-state index in [1.165, 1.54) is 0 Å². The zero-order chi connectivity index (χ0) is 13.8. The molecule has 2 rings (SSSR count). The molecule has 0 unspecified atom stereocenters. The number of hydrogen-bond donors (Lipinski definition) is 1. The molecule has 0 aliphatic carbocycles. The van der Waals surface area contributed by atoms with Crippen molar-refractivity contribution in [1.29, 1.82) is 0 Å². The molecule has 2 atom stereocenters. The summed E-state index contributed by atoms with van der Waals surface area (Å²) in [7, 11) is 0. The summed E-state index contributed by atoms with van der Waals surface area (Å²) in [4.78, 5) is 15.5. The summed E-state index contributed by atoms with van der Waals surface area (Å²) in [6, 6.07) is 9.56. The molecule has 1 aliphatic rings. The topological polar surface area (TPSA) is 58.9 Å². The molecule has 0 saturated heterocycles. The van der Waals surface area contributed by atoms with Gasteiger partial charge in [-0.25, -0.2) is 4.99 Å². The molecule has 0 saturated carbocycles. The highest BCUT2D eigenvalue weighted by atomic mass is 16.5. The van der Waals surface area contributed by atoms with E-state index in [0.29, 0.717) is 11.8 Å². The molecule has 1 aliphatic heterocycles. The fourth-order valence-corrected chi connectivity index (χ4v) is 2.25. The maximum absolute atomic E-state index is 10.9. The number of rotatable bonds is 5. The van der Waals surface area contributed by atoms with Crippen LogP contribution in [0.15, 0.2) is 35.3 Å². The Balaban J connectivity index is 2.16. The van der Waals surface area contributed by atoms with Gasteiger partial charge < -0.3 is 9.84 Å². The van der Waals surface area contributed by atoms with Crippen molar-refractivity contribution in [3.05, 3.63) is 35.9 Å². The average molecular weight is 261 g/mol. The van der Waals surface area contributed by atoms with Crippen molar-refractivity contribution in [3.63, 3.8) is 0 Å². The van der Waals surface area contributed by atoms with Gasteiger partial charge in [0.2, 0.25) is 5.90 Å². The smallest absolute Gasteiger partial charge is 0.307 e. The summed E-state index contributed by atoms with van der Waals surface area (Å²) < 4.78 is 5.74. The van der Waals surface area contributed by atoms with Gasteiger partial charge >= 0.3 is 5.97 Å². The fourth-order valence-electron chi connectivity index (χ4n) is 2.25. The number of aliphatic carboxylic acids is 1. The predicted molar refractivity (Wildman–Crippen MR) is 73.3 cm³/mol. The van der Waals surface area contributed by atoms with Crippen molar-refractivity contribution in [1.82, 2.24) is 0 Å². The minimum Gasteiger partial charge on any atom is -0.481 e. The van der Waals surface area contributed by atoms with Crippen LogP contribution in [-0.2, 0) is 9.53 Å². The molecular weight excluding hydrogens is 242 g/mol. The molecular formula is C15H19NO3. The Kier molecular flexibility index (Phi) is 4.20. The highest BCUT2D eigenvalue weighted by Crippen LogP contribution is 2.25. The minimum atomic E-state index is -0.844. The number of benzene rings is 1. The van der Waals surface area contributed by atoms with Gasteiger partial charge in [0.25, 0.3) is 0 Å². The van der Waals surface area contributed by atoms with Crippen molar-refractivity contribution in [2.75, 3.05) is 0 Å². The van der Waals surface area contributed by atoms with Crippen LogP contribution in [0.4, 0.5) is 0 Å². The van der Waals surface area contributed by atoms with Crippen LogP contribution >= 0.6 is 0 Å². The molecule has 4 nitrogen and oxygen atoms in total. The zero-order valence-corrected chi connectivity index (χ0v) is 11.2. The molecule has 0 radical (unpaired) electrons. The number of ether oxygens (including phenoxy) is 1. The molecule has 1 heterocycles. The second-order valence-electron chi connectivity index (χ2n) is 5.25. The van der Waals surface area contributed by atoms with E-state index < -0.39 is 5.97 Å². The molecule has 0 bridgehead atoms. The van der Waals surface area contributed by atoms with Crippen LogP contribution in [0.5, 0.6) is 0 Å². The van der Waals surface area contributed by atoms with E-state index in [2.05, 4.69) is 18.8 Å². The summed E-state index contributed by atoms with van der Waals surface area (Å²) in [5, 5.41) is 8.95. The van der Waals surface area contributed by atoms with E-state index in [9.17, 15) is 4.79 Å². The lowest BCUT2D eigenvalue weighted by Crippen LogP contribution is -2.27. The van der Waals surface area contributed by atoms with Gasteiger partial charge in [0, 0.05) is 5.56 Å². The molecule has 0 amide bonds. The van der Waals surface area contributed by atoms with Gasteiger partial charge in [-0.15, -0.1) is 0 Å². The Labute approximate surface area is 113 Å². The predicted octanol–water partition coefficient (Wildman–Crippen LogP) is 2.72. The van der Waals surface area contributed by atoms with E-state index in [1.54, 1.807) is 0 Å². The Morgan fingerprint density at radius 2 is 2.05 bits per heavy atom. The Morgan fingerprint density at radius 1 is 1.37 bits per heavy atom. The average Bonchev–Trinajstić information content (AvgIpc) is 2.72. The van der Waals surface area contributed by atoms with Crippen LogP contribution < -0.4 is 0 Å². The maximum atomic E-state index is 10.9. The molecule has 19 heavy (non-hydrogen) atoms. The van der Waals surface area contributed by atoms with Crippen LogP contribution in [0, 0.1) is 5.92 Å². The van der Waals surface area contributed by atoms with Gasteiger partial charge in [0.05, 0.1) is 12.5 Å². The Morgan fingerprint density at radius 3 is 2.63 bits per heavy atom. The molecule has 102 valence electrons. The van der Waals surface area contributed by atoms with E-state index >= 15 is 0 Å². The van der Waals surface area contributed by atoms with Gasteiger partial charge in [-0.2, -0.15) is 0 Å². The third-order valence-corrected chi connectivity index (χ3v) is 3.08. The summed E-state index contributed by atoms with van der Waals surface area (Å²) in [6.45, 7) is 4.21. The Bertz CT molecular complexity index is 468. The number of aliphatic imine (C=N–C) groups is 1. The summed E-state index contributed by atoms with van der Waals surface area (Å²) in [6.07, 6.45) is 0.487. The molecule has 0 aromatic heterocycles. The van der Waals surface area contributed by atoms with E-state index in [1.807, 2.05) is 30.3 Å². The normalized spacial score (nSPS) is 22.2. The zero-order valence-electron chi connectivity index (χ0n) is 11.2. The third-order valence-electron chi connectivity index (χ3n) is 3.08. The van der Waals surface area contributed by atoms with Crippen molar-refractivity contribution < 1.29 is 14.6 Å².